The van der Waals surface area contributed by atoms with E-state index in [-0.39, 0.29) is 23.1 Å². The van der Waals surface area contributed by atoms with Gasteiger partial charge < -0.3 is 9.64 Å². The van der Waals surface area contributed by atoms with Gasteiger partial charge in [-0.1, -0.05) is 17.4 Å². The van der Waals surface area contributed by atoms with Gasteiger partial charge in [0.05, 0.1) is 24.0 Å². The molecule has 0 amide bonds. The van der Waals surface area contributed by atoms with Crippen LogP contribution < -0.4 is 4.90 Å². The van der Waals surface area contributed by atoms with Crippen molar-refractivity contribution in [3.05, 3.63) is 53.4 Å². The third-order valence-electron chi connectivity index (χ3n) is 6.71. The van der Waals surface area contributed by atoms with Crippen molar-refractivity contribution >= 4 is 26.8 Å². The fraction of sp³-hybridized carbons (Fsp3) is 0.440. The Balaban J connectivity index is 1.39. The Bertz CT molecular complexity index is 1420. The normalized spacial score (nSPS) is 20.4. The standard InChI is InChI=1S/C25H25F3N6OS/c1-33(2)25-32-24-21(36-25)20(17-6-3-13(22(27)28)9-18(17)26)30-23(31-24)14-7-8-35-19(10-14)15-11-29-34(12-15)16-4-5-16/h3,6,9,11-12,14,16,19,22H,4-5,7-8,10H2,1-2H3. The highest BCUT2D eigenvalue weighted by Crippen LogP contribution is 2.41. The lowest BCUT2D eigenvalue weighted by molar-refractivity contribution is 0.00396. The topological polar surface area (TPSA) is 69.0 Å². The number of aromatic nitrogens is 5. The second-order valence-corrected chi connectivity index (χ2v) is 10.6. The van der Waals surface area contributed by atoms with Gasteiger partial charge in [0, 0.05) is 49.5 Å². The summed E-state index contributed by atoms with van der Waals surface area (Å²) in [5, 5.41) is 5.20. The smallest absolute Gasteiger partial charge is 0.263 e. The Hall–Kier alpha value is -3.05. The molecule has 4 heterocycles. The largest absolute Gasteiger partial charge is 0.373 e. The van der Waals surface area contributed by atoms with Crippen LogP contribution >= 0.6 is 11.3 Å². The van der Waals surface area contributed by atoms with E-state index >= 15 is 4.39 Å². The predicted octanol–water partition coefficient (Wildman–Crippen LogP) is 6.06. The molecule has 6 rings (SSSR count). The van der Waals surface area contributed by atoms with Crippen molar-refractivity contribution in [2.75, 3.05) is 25.6 Å². The molecule has 0 bridgehead atoms. The molecule has 2 unspecified atom stereocenters. The summed E-state index contributed by atoms with van der Waals surface area (Å²) in [6, 6.07) is 3.99. The van der Waals surface area contributed by atoms with Crippen molar-refractivity contribution in [2.45, 2.75) is 50.2 Å². The summed E-state index contributed by atoms with van der Waals surface area (Å²) in [7, 11) is 3.74. The maximum atomic E-state index is 15.1. The minimum Gasteiger partial charge on any atom is -0.373 e. The van der Waals surface area contributed by atoms with Crippen molar-refractivity contribution in [2.24, 2.45) is 0 Å². The van der Waals surface area contributed by atoms with E-state index in [2.05, 4.69) is 16.3 Å². The lowest BCUT2D eigenvalue weighted by Gasteiger charge is -2.28. The highest BCUT2D eigenvalue weighted by molar-refractivity contribution is 7.22. The minimum atomic E-state index is -2.75. The van der Waals surface area contributed by atoms with E-state index in [0.717, 1.165) is 30.9 Å². The van der Waals surface area contributed by atoms with Crippen molar-refractivity contribution in [3.63, 3.8) is 0 Å². The molecular formula is C25H25F3N6OS. The van der Waals surface area contributed by atoms with E-state index in [0.29, 0.717) is 46.1 Å². The number of rotatable bonds is 6. The van der Waals surface area contributed by atoms with Crippen LogP contribution in [-0.4, -0.2) is 45.4 Å². The number of hydrogen-bond acceptors (Lipinski definition) is 7. The first-order chi connectivity index (χ1) is 17.4. The minimum absolute atomic E-state index is 0.0240. The summed E-state index contributed by atoms with van der Waals surface area (Å²) in [4.78, 5) is 16.1. The van der Waals surface area contributed by atoms with Gasteiger partial charge in [-0.05, 0) is 37.8 Å². The van der Waals surface area contributed by atoms with E-state index in [1.165, 1.54) is 23.5 Å². The zero-order chi connectivity index (χ0) is 25.0. The Morgan fingerprint density at radius 3 is 2.69 bits per heavy atom. The molecule has 0 spiro atoms. The monoisotopic (exact) mass is 514 g/mol. The number of ether oxygens (including phenoxy) is 1. The fourth-order valence-corrected chi connectivity index (χ4v) is 5.50. The highest BCUT2D eigenvalue weighted by atomic mass is 32.1. The average molecular weight is 515 g/mol. The van der Waals surface area contributed by atoms with Crippen LogP contribution in [0.3, 0.4) is 0 Å². The summed E-state index contributed by atoms with van der Waals surface area (Å²) in [5.41, 5.74) is 1.69. The van der Waals surface area contributed by atoms with Crippen LogP contribution in [0, 0.1) is 5.82 Å². The number of thiazole rings is 1. The molecule has 2 aliphatic rings. The maximum Gasteiger partial charge on any atom is 0.263 e. The Labute approximate surface area is 210 Å². The SMILES string of the molecule is CN(C)c1nc2nc(C3CCOC(c4cnn(C5CC5)c4)C3)nc(-c3ccc(C(F)F)cc3F)c2s1. The van der Waals surface area contributed by atoms with Gasteiger partial charge in [-0.15, -0.1) is 0 Å². The highest BCUT2D eigenvalue weighted by Gasteiger charge is 2.31. The van der Waals surface area contributed by atoms with Gasteiger partial charge in [-0.25, -0.2) is 23.1 Å². The number of halogens is 3. The number of alkyl halides is 2. The van der Waals surface area contributed by atoms with E-state index in [1.54, 1.807) is 0 Å². The van der Waals surface area contributed by atoms with Gasteiger partial charge in [0.2, 0.25) is 0 Å². The van der Waals surface area contributed by atoms with E-state index < -0.39 is 12.2 Å². The van der Waals surface area contributed by atoms with Crippen LogP contribution in [0.4, 0.5) is 18.3 Å². The molecule has 0 radical (unpaired) electrons. The first kappa shape index (κ1) is 23.4. The quantitative estimate of drug-likeness (QED) is 0.311. The van der Waals surface area contributed by atoms with Crippen LogP contribution in [0.1, 0.15) is 67.1 Å². The van der Waals surface area contributed by atoms with Gasteiger partial charge in [0.25, 0.3) is 6.43 Å². The van der Waals surface area contributed by atoms with Gasteiger partial charge >= 0.3 is 0 Å². The fourth-order valence-electron chi connectivity index (χ4n) is 4.57. The van der Waals surface area contributed by atoms with Crippen molar-refractivity contribution in [3.8, 4) is 11.3 Å². The zero-order valence-corrected chi connectivity index (χ0v) is 20.7. The molecule has 1 saturated heterocycles. The summed E-state index contributed by atoms with van der Waals surface area (Å²) >= 11 is 1.35. The Morgan fingerprint density at radius 1 is 1.14 bits per heavy atom. The molecule has 36 heavy (non-hydrogen) atoms. The van der Waals surface area contributed by atoms with Crippen molar-refractivity contribution < 1.29 is 17.9 Å². The molecule has 2 fully saturated rings. The van der Waals surface area contributed by atoms with Gasteiger partial charge in [-0.3, -0.25) is 4.68 Å². The molecule has 1 aliphatic carbocycles. The summed E-state index contributed by atoms with van der Waals surface area (Å²) in [6.45, 7) is 0.540. The molecule has 0 N–H and O–H groups in total. The second kappa shape index (κ2) is 9.11. The van der Waals surface area contributed by atoms with Crippen molar-refractivity contribution in [1.29, 1.82) is 0 Å². The predicted molar refractivity (Wildman–Crippen MR) is 131 cm³/mol. The number of hydrogen-bond donors (Lipinski definition) is 0. The third-order valence-corrected chi connectivity index (χ3v) is 7.93. The van der Waals surface area contributed by atoms with Gasteiger partial charge in [0.15, 0.2) is 10.8 Å². The summed E-state index contributed by atoms with van der Waals surface area (Å²) in [6.07, 6.45) is 4.74. The molecule has 4 aromatic rings. The number of nitrogens with zero attached hydrogens (tertiary/aromatic N) is 6. The molecule has 7 nitrogen and oxygen atoms in total. The number of fused-ring (bicyclic) bond motifs is 1. The van der Waals surface area contributed by atoms with Crippen LogP contribution in [-0.2, 0) is 4.74 Å². The average Bonchev–Trinajstić information content (AvgIpc) is 3.42. The summed E-state index contributed by atoms with van der Waals surface area (Å²) < 4.78 is 50.0. The van der Waals surface area contributed by atoms with Crippen molar-refractivity contribution in [1.82, 2.24) is 24.7 Å². The van der Waals surface area contributed by atoms with E-state index in [1.807, 2.05) is 29.9 Å². The lowest BCUT2D eigenvalue weighted by Crippen LogP contribution is -2.20. The van der Waals surface area contributed by atoms with Crippen LogP contribution in [0.5, 0.6) is 0 Å². The first-order valence-electron chi connectivity index (χ1n) is 12.0. The Kier molecular flexibility index (Phi) is 5.91. The zero-order valence-electron chi connectivity index (χ0n) is 19.9. The summed E-state index contributed by atoms with van der Waals surface area (Å²) in [5.74, 6) is -0.201. The van der Waals surface area contributed by atoms with E-state index in [4.69, 9.17) is 14.7 Å². The molecule has 1 aliphatic heterocycles. The molecule has 3 aromatic heterocycles. The molecule has 2 atom stereocenters. The molecule has 188 valence electrons. The molecule has 1 aromatic carbocycles. The number of benzene rings is 1. The maximum absolute atomic E-state index is 15.1. The number of anilines is 1. The third kappa shape index (κ3) is 4.34. The lowest BCUT2D eigenvalue weighted by atomic mass is 9.92. The molecule has 1 saturated carbocycles. The second-order valence-electron chi connectivity index (χ2n) is 9.58. The van der Waals surface area contributed by atoms with Crippen LogP contribution in [0.25, 0.3) is 21.6 Å². The molecule has 11 heteroatoms. The van der Waals surface area contributed by atoms with Crippen LogP contribution in [0.2, 0.25) is 0 Å². The molecular weight excluding hydrogens is 489 g/mol. The van der Waals surface area contributed by atoms with E-state index in [9.17, 15) is 8.78 Å². The van der Waals surface area contributed by atoms with Gasteiger partial charge in [0.1, 0.15) is 16.3 Å². The Morgan fingerprint density at radius 2 is 1.97 bits per heavy atom. The van der Waals surface area contributed by atoms with Gasteiger partial charge in [-0.2, -0.15) is 10.1 Å². The first-order valence-corrected chi connectivity index (χ1v) is 12.8. The van der Waals surface area contributed by atoms with Crippen LogP contribution in [0.15, 0.2) is 30.6 Å².